The molecule has 0 atom stereocenters. The number of rotatable bonds is 1. The van der Waals surface area contributed by atoms with Crippen molar-refractivity contribution in [1.29, 1.82) is 0 Å². The molecule has 0 saturated heterocycles. The molecule has 8 heteroatoms. The molecule has 122 valence electrons. The van der Waals surface area contributed by atoms with Crippen LogP contribution in [0.3, 0.4) is 0 Å². The first kappa shape index (κ1) is 13.4. The number of nitrogens with zero attached hydrogens (tertiary/aromatic N) is 6. The number of furan rings is 2. The van der Waals surface area contributed by atoms with E-state index in [0.717, 1.165) is 10.9 Å². The van der Waals surface area contributed by atoms with Gasteiger partial charge in [0.1, 0.15) is 22.9 Å². The van der Waals surface area contributed by atoms with Crippen LogP contribution in [0, 0.1) is 0 Å². The van der Waals surface area contributed by atoms with E-state index in [4.69, 9.17) is 8.83 Å². The molecule has 0 aliphatic rings. The Balaban J connectivity index is 1.57. The molecular formula is C18H8N6O2. The van der Waals surface area contributed by atoms with Crippen molar-refractivity contribution in [1.82, 2.24) is 30.1 Å². The van der Waals surface area contributed by atoms with Crippen LogP contribution in [0.2, 0.25) is 0 Å². The first-order chi connectivity index (χ1) is 12.9. The Bertz CT molecular complexity index is 1340. The minimum Gasteiger partial charge on any atom is -0.435 e. The molecule has 0 unspecified atom stereocenters. The van der Waals surface area contributed by atoms with E-state index in [9.17, 15) is 0 Å². The maximum atomic E-state index is 5.76. The zero-order chi connectivity index (χ0) is 17.1. The van der Waals surface area contributed by atoms with Crippen LogP contribution in [0.5, 0.6) is 0 Å². The van der Waals surface area contributed by atoms with Gasteiger partial charge in [-0.05, 0) is 24.3 Å². The molecule has 1 aromatic carbocycles. The van der Waals surface area contributed by atoms with Crippen LogP contribution in [0.25, 0.3) is 55.8 Å². The minimum absolute atomic E-state index is 0.407. The number of hydrogen-bond donors (Lipinski definition) is 0. The van der Waals surface area contributed by atoms with Gasteiger partial charge in [-0.3, -0.25) is 4.98 Å². The molecule has 0 fully saturated rings. The minimum atomic E-state index is 0.407. The Kier molecular flexibility index (Phi) is 2.46. The Morgan fingerprint density at radius 3 is 2.77 bits per heavy atom. The third-order valence-electron chi connectivity index (χ3n) is 4.27. The molecule has 0 aliphatic heterocycles. The SMILES string of the molecule is c1cnc2c(c1)oc1nc(-c3ccc4c(c3)oc3nncnc34)cnc12. The number of aromatic nitrogens is 6. The monoisotopic (exact) mass is 340 g/mol. The van der Waals surface area contributed by atoms with Gasteiger partial charge in [0.15, 0.2) is 11.1 Å². The van der Waals surface area contributed by atoms with Crippen molar-refractivity contribution in [3.63, 3.8) is 0 Å². The van der Waals surface area contributed by atoms with E-state index < -0.39 is 0 Å². The van der Waals surface area contributed by atoms with E-state index >= 15 is 0 Å². The topological polar surface area (TPSA) is 104 Å². The standard InChI is InChI=1S/C18H8N6O2/c1-2-12-15(19-5-1)16-17(25-12)23-11(7-20-16)9-3-4-10-13(6-9)26-18-14(10)21-8-22-24-18/h1-8H. The van der Waals surface area contributed by atoms with Crippen molar-refractivity contribution >= 4 is 44.5 Å². The van der Waals surface area contributed by atoms with Crippen LogP contribution < -0.4 is 0 Å². The normalized spacial score (nSPS) is 11.8. The Morgan fingerprint density at radius 1 is 0.808 bits per heavy atom. The predicted molar refractivity (Wildman–Crippen MR) is 93.2 cm³/mol. The van der Waals surface area contributed by atoms with Crippen LogP contribution in [0.4, 0.5) is 0 Å². The number of hydrogen-bond acceptors (Lipinski definition) is 8. The first-order valence-corrected chi connectivity index (χ1v) is 7.87. The molecule has 0 N–H and O–H groups in total. The summed E-state index contributed by atoms with van der Waals surface area (Å²) in [5.74, 6) is 0. The predicted octanol–water partition coefficient (Wildman–Crippen LogP) is 3.52. The molecule has 6 aromatic rings. The van der Waals surface area contributed by atoms with Gasteiger partial charge in [-0.2, -0.15) is 0 Å². The number of pyridine rings is 1. The van der Waals surface area contributed by atoms with Crippen molar-refractivity contribution in [2.75, 3.05) is 0 Å². The zero-order valence-electron chi connectivity index (χ0n) is 13.1. The highest BCUT2D eigenvalue weighted by atomic mass is 16.3. The summed E-state index contributed by atoms with van der Waals surface area (Å²) in [5.41, 5.74) is 5.76. The zero-order valence-corrected chi connectivity index (χ0v) is 13.1. The highest BCUT2D eigenvalue weighted by Crippen LogP contribution is 2.30. The van der Waals surface area contributed by atoms with Gasteiger partial charge in [0.05, 0.1) is 11.9 Å². The summed E-state index contributed by atoms with van der Waals surface area (Å²) in [7, 11) is 0. The van der Waals surface area contributed by atoms with Gasteiger partial charge in [-0.15, -0.1) is 10.2 Å². The average molecular weight is 340 g/mol. The number of fused-ring (bicyclic) bond motifs is 6. The van der Waals surface area contributed by atoms with Gasteiger partial charge in [-0.1, -0.05) is 6.07 Å². The highest BCUT2D eigenvalue weighted by Gasteiger charge is 2.14. The van der Waals surface area contributed by atoms with Crippen molar-refractivity contribution in [2.45, 2.75) is 0 Å². The van der Waals surface area contributed by atoms with Crippen LogP contribution in [-0.4, -0.2) is 30.1 Å². The summed E-state index contributed by atoms with van der Waals surface area (Å²) in [5, 5.41) is 8.58. The third-order valence-corrected chi connectivity index (χ3v) is 4.27. The van der Waals surface area contributed by atoms with Crippen molar-refractivity contribution in [3.8, 4) is 11.3 Å². The quantitative estimate of drug-likeness (QED) is 0.448. The van der Waals surface area contributed by atoms with Crippen LogP contribution in [0.15, 0.2) is 57.9 Å². The molecule has 8 nitrogen and oxygen atoms in total. The van der Waals surface area contributed by atoms with E-state index in [1.54, 1.807) is 12.4 Å². The molecule has 0 saturated carbocycles. The lowest BCUT2D eigenvalue weighted by molar-refractivity contribution is 0.643. The summed E-state index contributed by atoms with van der Waals surface area (Å²) < 4.78 is 11.5. The van der Waals surface area contributed by atoms with Crippen LogP contribution >= 0.6 is 0 Å². The van der Waals surface area contributed by atoms with E-state index in [1.165, 1.54) is 6.33 Å². The van der Waals surface area contributed by atoms with E-state index in [-0.39, 0.29) is 0 Å². The fraction of sp³-hybridized carbons (Fsp3) is 0. The van der Waals surface area contributed by atoms with Gasteiger partial charge in [0.2, 0.25) is 5.71 Å². The summed E-state index contributed by atoms with van der Waals surface area (Å²) in [6.45, 7) is 0. The Morgan fingerprint density at radius 2 is 1.77 bits per heavy atom. The third kappa shape index (κ3) is 1.78. The van der Waals surface area contributed by atoms with Gasteiger partial charge < -0.3 is 8.83 Å². The Labute approximate surface area is 144 Å². The highest BCUT2D eigenvalue weighted by molar-refractivity contribution is 6.02. The molecule has 6 rings (SSSR count). The van der Waals surface area contributed by atoms with E-state index in [2.05, 4.69) is 30.1 Å². The molecule has 26 heavy (non-hydrogen) atoms. The van der Waals surface area contributed by atoms with Crippen LogP contribution in [-0.2, 0) is 0 Å². The van der Waals surface area contributed by atoms with Crippen LogP contribution in [0.1, 0.15) is 0 Å². The van der Waals surface area contributed by atoms with Gasteiger partial charge >= 0.3 is 0 Å². The lowest BCUT2D eigenvalue weighted by Gasteiger charge is -1.99. The van der Waals surface area contributed by atoms with Crippen molar-refractivity contribution in [3.05, 3.63) is 49.1 Å². The molecule has 0 aliphatic carbocycles. The summed E-state index contributed by atoms with van der Waals surface area (Å²) in [6, 6.07) is 9.42. The summed E-state index contributed by atoms with van der Waals surface area (Å²) in [4.78, 5) is 17.6. The second kappa shape index (κ2) is 4.79. The average Bonchev–Trinajstić information content (AvgIpc) is 3.24. The molecule has 5 heterocycles. The van der Waals surface area contributed by atoms with E-state index in [1.807, 2.05) is 30.3 Å². The summed E-state index contributed by atoms with van der Waals surface area (Å²) >= 11 is 0. The molecule has 0 radical (unpaired) electrons. The maximum Gasteiger partial charge on any atom is 0.265 e. The second-order valence-electron chi connectivity index (χ2n) is 5.79. The van der Waals surface area contributed by atoms with Gasteiger partial charge in [0.25, 0.3) is 5.71 Å². The maximum absolute atomic E-state index is 5.76. The first-order valence-electron chi connectivity index (χ1n) is 7.87. The summed E-state index contributed by atoms with van der Waals surface area (Å²) in [6.07, 6.45) is 4.81. The van der Waals surface area contributed by atoms with Crippen molar-refractivity contribution < 1.29 is 8.83 Å². The van der Waals surface area contributed by atoms with Gasteiger partial charge in [-0.25, -0.2) is 15.0 Å². The fourth-order valence-electron chi connectivity index (χ4n) is 3.08. The van der Waals surface area contributed by atoms with E-state index in [0.29, 0.717) is 44.8 Å². The van der Waals surface area contributed by atoms with Crippen molar-refractivity contribution in [2.24, 2.45) is 0 Å². The molecule has 5 aromatic heterocycles. The van der Waals surface area contributed by atoms with Gasteiger partial charge in [0, 0.05) is 17.1 Å². The molecule has 0 bridgehead atoms. The Hall–Kier alpha value is -3.94. The fourth-order valence-corrected chi connectivity index (χ4v) is 3.08. The lowest BCUT2D eigenvalue weighted by atomic mass is 10.1. The number of benzene rings is 1. The molecular weight excluding hydrogens is 332 g/mol. The largest absolute Gasteiger partial charge is 0.435 e. The lowest BCUT2D eigenvalue weighted by Crippen LogP contribution is -1.86. The smallest absolute Gasteiger partial charge is 0.265 e. The second-order valence-corrected chi connectivity index (χ2v) is 5.79. The molecule has 0 amide bonds. The molecule has 0 spiro atoms.